The fraction of sp³-hybridized carbons (Fsp3) is 0.481. The lowest BCUT2D eigenvalue weighted by Gasteiger charge is -2.36. The number of rotatable bonds is 10. The first kappa shape index (κ1) is 27.3. The first-order chi connectivity index (χ1) is 16.0. The Kier molecular flexibility index (Phi) is 10.1. The van der Waals surface area contributed by atoms with E-state index in [0.29, 0.717) is 0 Å². The maximum Gasteiger partial charge on any atom is 0.411 e. The van der Waals surface area contributed by atoms with Crippen molar-refractivity contribution in [3.05, 3.63) is 71.8 Å². The number of benzene rings is 2. The average molecular weight is 471 g/mol. The van der Waals surface area contributed by atoms with Crippen molar-refractivity contribution in [2.75, 3.05) is 6.54 Å². The van der Waals surface area contributed by atoms with Crippen LogP contribution in [0.5, 0.6) is 0 Å². The minimum absolute atomic E-state index is 0.0663. The molecule has 0 aromatic heterocycles. The molecule has 0 radical (unpaired) electrons. The number of carbonyl (C=O) groups excluding carboxylic acids is 2. The molecule has 0 saturated carbocycles. The number of hydrogen-bond donors (Lipinski definition) is 2. The number of hydrogen-bond acceptors (Lipinski definition) is 6. The fourth-order valence-electron chi connectivity index (χ4n) is 3.52. The van der Waals surface area contributed by atoms with Crippen molar-refractivity contribution in [3.8, 4) is 0 Å². The molecule has 0 fully saturated rings. The molecule has 0 aliphatic heterocycles. The highest BCUT2D eigenvalue weighted by Gasteiger charge is 2.39. The first-order valence-corrected chi connectivity index (χ1v) is 11.7. The molecule has 34 heavy (non-hydrogen) atoms. The van der Waals surface area contributed by atoms with Gasteiger partial charge in [0, 0.05) is 6.54 Å². The predicted molar refractivity (Wildman–Crippen MR) is 132 cm³/mol. The van der Waals surface area contributed by atoms with Gasteiger partial charge in [-0.25, -0.2) is 4.79 Å². The zero-order valence-electron chi connectivity index (χ0n) is 20.8. The quantitative estimate of drug-likeness (QED) is 0.400. The smallest absolute Gasteiger partial charge is 0.411 e. The van der Waals surface area contributed by atoms with Crippen LogP contribution in [0, 0.1) is 11.8 Å². The number of nitrogens with two attached hydrogens (primary N) is 1. The van der Waals surface area contributed by atoms with Gasteiger partial charge >= 0.3 is 12.1 Å². The van der Waals surface area contributed by atoms with Crippen LogP contribution in [0.25, 0.3) is 0 Å². The summed E-state index contributed by atoms with van der Waals surface area (Å²) < 4.78 is 11.1. The van der Waals surface area contributed by atoms with Gasteiger partial charge in [-0.2, -0.15) is 0 Å². The molecule has 0 bridgehead atoms. The Balaban J connectivity index is 2.23. The number of amides is 1. The molecule has 3 atom stereocenters. The van der Waals surface area contributed by atoms with Crippen LogP contribution in [0.15, 0.2) is 60.7 Å². The Hall–Kier alpha value is -2.90. The summed E-state index contributed by atoms with van der Waals surface area (Å²) in [6.07, 6.45) is -2.95. The van der Waals surface area contributed by atoms with Gasteiger partial charge in [0.05, 0.1) is 5.92 Å². The first-order valence-electron chi connectivity index (χ1n) is 11.7. The minimum atomic E-state index is -1.36. The minimum Gasteiger partial charge on any atom is -0.460 e. The number of nitrogens with zero attached hydrogens (tertiary/aromatic N) is 1. The van der Waals surface area contributed by atoms with E-state index in [1.165, 1.54) is 4.90 Å². The largest absolute Gasteiger partial charge is 0.460 e. The van der Waals surface area contributed by atoms with Gasteiger partial charge in [0.1, 0.15) is 24.5 Å². The molecule has 3 unspecified atom stereocenters. The van der Waals surface area contributed by atoms with E-state index >= 15 is 0 Å². The summed E-state index contributed by atoms with van der Waals surface area (Å²) >= 11 is 0. The van der Waals surface area contributed by atoms with Crippen molar-refractivity contribution in [1.82, 2.24) is 4.90 Å². The number of esters is 1. The summed E-state index contributed by atoms with van der Waals surface area (Å²) in [6, 6.07) is 18.7. The maximum atomic E-state index is 13.1. The van der Waals surface area contributed by atoms with E-state index < -0.39 is 35.9 Å². The maximum absolute atomic E-state index is 13.1. The van der Waals surface area contributed by atoms with Crippen LogP contribution in [0.4, 0.5) is 4.79 Å². The van der Waals surface area contributed by atoms with Gasteiger partial charge in [-0.05, 0) is 44.2 Å². The highest BCUT2D eigenvalue weighted by atomic mass is 16.6. The summed E-state index contributed by atoms with van der Waals surface area (Å²) in [5.74, 6) is -1.47. The van der Waals surface area contributed by atoms with Crippen molar-refractivity contribution >= 4 is 12.1 Å². The van der Waals surface area contributed by atoms with Crippen LogP contribution in [-0.4, -0.2) is 46.5 Å². The van der Waals surface area contributed by atoms with Crippen LogP contribution >= 0.6 is 0 Å². The molecule has 0 saturated heterocycles. The molecule has 3 N–H and O–H groups in total. The molecule has 2 rings (SSSR count). The molecule has 7 nitrogen and oxygen atoms in total. The topological polar surface area (TPSA) is 102 Å². The highest BCUT2D eigenvalue weighted by molar-refractivity contribution is 5.74. The van der Waals surface area contributed by atoms with Gasteiger partial charge in [-0.15, -0.1) is 0 Å². The van der Waals surface area contributed by atoms with Crippen molar-refractivity contribution < 1.29 is 24.2 Å². The van der Waals surface area contributed by atoms with Crippen LogP contribution < -0.4 is 5.73 Å². The molecule has 0 heterocycles. The Morgan fingerprint density at radius 1 is 0.971 bits per heavy atom. The van der Waals surface area contributed by atoms with Crippen molar-refractivity contribution in [2.24, 2.45) is 17.6 Å². The van der Waals surface area contributed by atoms with Crippen molar-refractivity contribution in [3.63, 3.8) is 0 Å². The second-order valence-electron chi connectivity index (χ2n) is 9.90. The molecule has 2 aromatic carbocycles. The molecule has 7 heteroatoms. The number of carbonyl (C=O) groups is 2. The third kappa shape index (κ3) is 8.80. The van der Waals surface area contributed by atoms with Gasteiger partial charge in [0.25, 0.3) is 0 Å². The molecule has 0 spiro atoms. The van der Waals surface area contributed by atoms with Gasteiger partial charge < -0.3 is 20.3 Å². The fourth-order valence-corrected chi connectivity index (χ4v) is 3.52. The van der Waals surface area contributed by atoms with Crippen molar-refractivity contribution in [2.45, 2.75) is 65.5 Å². The normalized spacial score (nSPS) is 14.2. The highest BCUT2D eigenvalue weighted by Crippen LogP contribution is 2.22. The van der Waals surface area contributed by atoms with Crippen molar-refractivity contribution in [1.29, 1.82) is 0 Å². The van der Waals surface area contributed by atoms with E-state index in [-0.39, 0.29) is 25.5 Å². The second kappa shape index (κ2) is 12.5. The lowest BCUT2D eigenvalue weighted by molar-refractivity contribution is -0.165. The Bertz CT molecular complexity index is 896. The summed E-state index contributed by atoms with van der Waals surface area (Å²) in [5, 5.41) is 11.2. The van der Waals surface area contributed by atoms with Gasteiger partial charge in [0.15, 0.2) is 0 Å². The van der Waals surface area contributed by atoms with Crippen LogP contribution in [-0.2, 0) is 27.3 Å². The second-order valence-corrected chi connectivity index (χ2v) is 9.90. The van der Waals surface area contributed by atoms with Gasteiger partial charge in [-0.1, -0.05) is 74.5 Å². The van der Waals surface area contributed by atoms with E-state index in [0.717, 1.165) is 11.1 Å². The van der Waals surface area contributed by atoms with E-state index in [2.05, 4.69) is 0 Å². The molecule has 0 aliphatic carbocycles. The lowest BCUT2D eigenvalue weighted by Crippen LogP contribution is -2.57. The molecule has 186 valence electrons. The Morgan fingerprint density at radius 2 is 1.50 bits per heavy atom. The third-order valence-corrected chi connectivity index (χ3v) is 5.13. The summed E-state index contributed by atoms with van der Waals surface area (Å²) in [4.78, 5) is 27.3. The average Bonchev–Trinajstić information content (AvgIpc) is 2.78. The molecular formula is C27H38N2O5. The monoisotopic (exact) mass is 470 g/mol. The molecular weight excluding hydrogens is 432 g/mol. The van der Waals surface area contributed by atoms with Gasteiger partial charge in [0.2, 0.25) is 0 Å². The SMILES string of the molecule is CC(C)CN(C(=O)OCc1ccccc1)C(N)C(O)C(Cc1ccccc1)C(=O)OC(C)(C)C. The van der Waals surface area contributed by atoms with Crippen LogP contribution in [0.1, 0.15) is 45.7 Å². The predicted octanol–water partition coefficient (Wildman–Crippen LogP) is 4.13. The zero-order valence-corrected chi connectivity index (χ0v) is 20.8. The Labute approximate surface area is 202 Å². The van der Waals surface area contributed by atoms with E-state index in [4.69, 9.17) is 15.2 Å². The van der Waals surface area contributed by atoms with E-state index in [1.807, 2.05) is 74.5 Å². The van der Waals surface area contributed by atoms with E-state index in [9.17, 15) is 14.7 Å². The van der Waals surface area contributed by atoms with E-state index in [1.54, 1.807) is 20.8 Å². The molecule has 2 aromatic rings. The Morgan fingerprint density at radius 3 is 2.00 bits per heavy atom. The number of aliphatic hydroxyl groups is 1. The number of aliphatic hydroxyl groups excluding tert-OH is 1. The summed E-state index contributed by atoms with van der Waals surface area (Å²) in [6.45, 7) is 9.51. The lowest BCUT2D eigenvalue weighted by atomic mass is 9.91. The standard InChI is InChI=1S/C27H38N2O5/c1-19(2)17-29(26(32)33-18-21-14-10-7-11-15-21)24(28)23(30)22(25(31)34-27(3,4)5)16-20-12-8-6-9-13-20/h6-15,19,22-24,30H,16-18,28H2,1-5H3. The molecule has 1 amide bonds. The third-order valence-electron chi connectivity index (χ3n) is 5.13. The summed E-state index contributed by atoms with van der Waals surface area (Å²) in [5.41, 5.74) is 7.36. The van der Waals surface area contributed by atoms with Crippen LogP contribution in [0.3, 0.4) is 0 Å². The van der Waals surface area contributed by atoms with Crippen LogP contribution in [0.2, 0.25) is 0 Å². The molecule has 0 aliphatic rings. The number of ether oxygens (including phenoxy) is 2. The van der Waals surface area contributed by atoms with Gasteiger partial charge in [-0.3, -0.25) is 9.69 Å². The summed E-state index contributed by atoms with van der Waals surface area (Å²) in [7, 11) is 0. The zero-order chi connectivity index (χ0) is 25.3.